The summed E-state index contributed by atoms with van der Waals surface area (Å²) in [5.41, 5.74) is 7.78. The summed E-state index contributed by atoms with van der Waals surface area (Å²) in [4.78, 5) is 0. The van der Waals surface area contributed by atoms with Gasteiger partial charge >= 0.3 is 0 Å². The highest BCUT2D eigenvalue weighted by molar-refractivity contribution is 5.82. The highest BCUT2D eigenvalue weighted by Gasteiger charge is 2.12. The van der Waals surface area contributed by atoms with Crippen LogP contribution in [0.15, 0.2) is 28.7 Å². The molecule has 0 saturated carbocycles. The molecule has 1 aromatic heterocycles. The van der Waals surface area contributed by atoms with E-state index in [-0.39, 0.29) is 0 Å². The SMILES string of the molecule is CC(C)CCCOCc1oc2ccccc2c1CN. The molecule has 104 valence electrons. The molecule has 0 bridgehead atoms. The summed E-state index contributed by atoms with van der Waals surface area (Å²) in [7, 11) is 0. The Kier molecular flexibility index (Phi) is 5.00. The second-order valence-corrected chi connectivity index (χ2v) is 5.29. The van der Waals surface area contributed by atoms with E-state index < -0.39 is 0 Å². The average molecular weight is 261 g/mol. The van der Waals surface area contributed by atoms with Gasteiger partial charge in [0.25, 0.3) is 0 Å². The molecule has 3 heteroatoms. The first kappa shape index (κ1) is 14.1. The van der Waals surface area contributed by atoms with E-state index in [1.54, 1.807) is 0 Å². The minimum Gasteiger partial charge on any atom is -0.458 e. The second-order valence-electron chi connectivity index (χ2n) is 5.29. The van der Waals surface area contributed by atoms with E-state index in [4.69, 9.17) is 14.9 Å². The molecule has 0 aliphatic carbocycles. The van der Waals surface area contributed by atoms with E-state index in [9.17, 15) is 0 Å². The number of rotatable bonds is 7. The number of hydrogen-bond donors (Lipinski definition) is 1. The third kappa shape index (κ3) is 3.58. The molecule has 0 aliphatic rings. The van der Waals surface area contributed by atoms with Gasteiger partial charge in [0.1, 0.15) is 18.0 Å². The molecule has 0 spiro atoms. The van der Waals surface area contributed by atoms with Crippen LogP contribution >= 0.6 is 0 Å². The van der Waals surface area contributed by atoms with Gasteiger partial charge in [0.15, 0.2) is 0 Å². The van der Waals surface area contributed by atoms with Crippen molar-refractivity contribution in [2.24, 2.45) is 11.7 Å². The van der Waals surface area contributed by atoms with Crippen molar-refractivity contribution < 1.29 is 9.15 Å². The normalized spacial score (nSPS) is 11.6. The molecule has 1 heterocycles. The first-order chi connectivity index (χ1) is 9.22. The van der Waals surface area contributed by atoms with Crippen LogP contribution in [0.4, 0.5) is 0 Å². The Morgan fingerprint density at radius 3 is 2.79 bits per heavy atom. The summed E-state index contributed by atoms with van der Waals surface area (Å²) >= 11 is 0. The van der Waals surface area contributed by atoms with Gasteiger partial charge in [-0.1, -0.05) is 32.0 Å². The van der Waals surface area contributed by atoms with Crippen molar-refractivity contribution in [3.63, 3.8) is 0 Å². The van der Waals surface area contributed by atoms with E-state index in [0.717, 1.165) is 41.2 Å². The number of hydrogen-bond acceptors (Lipinski definition) is 3. The zero-order chi connectivity index (χ0) is 13.7. The van der Waals surface area contributed by atoms with Crippen molar-refractivity contribution in [2.45, 2.75) is 39.8 Å². The summed E-state index contributed by atoms with van der Waals surface area (Å²) in [5.74, 6) is 1.60. The van der Waals surface area contributed by atoms with Crippen LogP contribution < -0.4 is 5.73 Å². The van der Waals surface area contributed by atoms with E-state index in [1.165, 1.54) is 6.42 Å². The number of fused-ring (bicyclic) bond motifs is 1. The minimum absolute atomic E-state index is 0.488. The van der Waals surface area contributed by atoms with Crippen LogP contribution in [0.5, 0.6) is 0 Å². The molecule has 0 fully saturated rings. The standard InChI is InChI=1S/C16H23NO2/c1-12(2)6-5-9-18-11-16-14(10-17)13-7-3-4-8-15(13)19-16/h3-4,7-8,12H,5-6,9-11,17H2,1-2H3. The van der Waals surface area contributed by atoms with Crippen LogP contribution in [0.2, 0.25) is 0 Å². The number of para-hydroxylation sites is 1. The van der Waals surface area contributed by atoms with Crippen molar-refractivity contribution in [1.82, 2.24) is 0 Å². The number of nitrogens with two attached hydrogens (primary N) is 1. The van der Waals surface area contributed by atoms with Gasteiger partial charge in [-0.15, -0.1) is 0 Å². The van der Waals surface area contributed by atoms with Gasteiger partial charge in [-0.2, -0.15) is 0 Å². The van der Waals surface area contributed by atoms with Crippen LogP contribution in [0.3, 0.4) is 0 Å². The fraction of sp³-hybridized carbons (Fsp3) is 0.500. The first-order valence-corrected chi connectivity index (χ1v) is 6.99. The third-order valence-electron chi connectivity index (χ3n) is 3.29. The lowest BCUT2D eigenvalue weighted by Crippen LogP contribution is -2.02. The van der Waals surface area contributed by atoms with Crippen LogP contribution in [0.25, 0.3) is 11.0 Å². The molecule has 0 atom stereocenters. The van der Waals surface area contributed by atoms with Crippen molar-refractivity contribution in [3.8, 4) is 0 Å². The summed E-state index contributed by atoms with van der Waals surface area (Å²) in [5, 5.41) is 1.10. The van der Waals surface area contributed by atoms with Crippen molar-refractivity contribution in [2.75, 3.05) is 6.61 Å². The van der Waals surface area contributed by atoms with E-state index in [1.807, 2.05) is 24.3 Å². The van der Waals surface area contributed by atoms with Crippen molar-refractivity contribution in [1.29, 1.82) is 0 Å². The lowest BCUT2D eigenvalue weighted by Gasteiger charge is -2.05. The van der Waals surface area contributed by atoms with Crippen LogP contribution in [0, 0.1) is 5.92 Å². The zero-order valence-corrected chi connectivity index (χ0v) is 11.8. The summed E-state index contributed by atoms with van der Waals surface area (Å²) in [6.45, 7) is 6.23. The summed E-state index contributed by atoms with van der Waals surface area (Å²) < 4.78 is 11.5. The molecule has 2 rings (SSSR count). The first-order valence-electron chi connectivity index (χ1n) is 6.99. The number of furan rings is 1. The second kappa shape index (κ2) is 6.73. The number of benzene rings is 1. The molecule has 0 unspecified atom stereocenters. The smallest absolute Gasteiger partial charge is 0.135 e. The van der Waals surface area contributed by atoms with E-state index in [0.29, 0.717) is 13.2 Å². The Labute approximate surface area is 114 Å². The minimum atomic E-state index is 0.488. The Morgan fingerprint density at radius 1 is 1.26 bits per heavy atom. The van der Waals surface area contributed by atoms with Gasteiger partial charge < -0.3 is 14.9 Å². The molecule has 2 aromatic rings. The molecule has 0 amide bonds. The highest BCUT2D eigenvalue weighted by atomic mass is 16.5. The average Bonchev–Trinajstić information content (AvgIpc) is 2.75. The maximum absolute atomic E-state index is 5.82. The van der Waals surface area contributed by atoms with E-state index >= 15 is 0 Å². The highest BCUT2D eigenvalue weighted by Crippen LogP contribution is 2.26. The maximum atomic E-state index is 5.82. The molecule has 3 nitrogen and oxygen atoms in total. The topological polar surface area (TPSA) is 48.4 Å². The van der Waals surface area contributed by atoms with Gasteiger partial charge in [0.2, 0.25) is 0 Å². The molecular weight excluding hydrogens is 238 g/mol. The van der Waals surface area contributed by atoms with Gasteiger partial charge in [-0.3, -0.25) is 0 Å². The largest absolute Gasteiger partial charge is 0.458 e. The summed E-state index contributed by atoms with van der Waals surface area (Å²) in [6, 6.07) is 7.99. The van der Waals surface area contributed by atoms with Crippen LogP contribution in [-0.2, 0) is 17.9 Å². The lowest BCUT2D eigenvalue weighted by atomic mass is 10.1. The predicted molar refractivity (Wildman–Crippen MR) is 77.8 cm³/mol. The molecule has 19 heavy (non-hydrogen) atoms. The van der Waals surface area contributed by atoms with Crippen molar-refractivity contribution in [3.05, 3.63) is 35.6 Å². The molecular formula is C16H23NO2. The molecule has 2 N–H and O–H groups in total. The molecule has 1 aromatic carbocycles. The van der Waals surface area contributed by atoms with E-state index in [2.05, 4.69) is 13.8 Å². The van der Waals surface area contributed by atoms with Crippen molar-refractivity contribution >= 4 is 11.0 Å². The molecule has 0 radical (unpaired) electrons. The zero-order valence-electron chi connectivity index (χ0n) is 11.8. The third-order valence-corrected chi connectivity index (χ3v) is 3.29. The van der Waals surface area contributed by atoms with Gasteiger partial charge in [0, 0.05) is 24.1 Å². The predicted octanol–water partition coefficient (Wildman–Crippen LogP) is 3.84. The Hall–Kier alpha value is -1.32. The van der Waals surface area contributed by atoms with Gasteiger partial charge in [0.05, 0.1) is 0 Å². The fourth-order valence-corrected chi connectivity index (χ4v) is 2.25. The molecule has 0 saturated heterocycles. The Balaban J connectivity index is 1.96. The number of ether oxygens (including phenoxy) is 1. The fourth-order valence-electron chi connectivity index (χ4n) is 2.25. The summed E-state index contributed by atoms with van der Waals surface area (Å²) in [6.07, 6.45) is 2.29. The quantitative estimate of drug-likeness (QED) is 0.770. The van der Waals surface area contributed by atoms with Crippen LogP contribution in [0.1, 0.15) is 38.0 Å². The molecule has 0 aliphatic heterocycles. The van der Waals surface area contributed by atoms with Crippen LogP contribution in [-0.4, -0.2) is 6.61 Å². The maximum Gasteiger partial charge on any atom is 0.135 e. The monoisotopic (exact) mass is 261 g/mol. The Bertz CT molecular complexity index is 516. The van der Waals surface area contributed by atoms with Gasteiger partial charge in [-0.05, 0) is 24.8 Å². The lowest BCUT2D eigenvalue weighted by molar-refractivity contribution is 0.101. The van der Waals surface area contributed by atoms with Gasteiger partial charge in [-0.25, -0.2) is 0 Å². The Morgan fingerprint density at radius 2 is 2.05 bits per heavy atom.